The number of hydrogen-bond donors (Lipinski definition) is 0. The molecule has 0 spiro atoms. The van der Waals surface area contributed by atoms with Gasteiger partial charge in [-0.3, -0.25) is 0 Å². The predicted molar refractivity (Wildman–Crippen MR) is 92.0 cm³/mol. The Morgan fingerprint density at radius 2 is 1.77 bits per heavy atom. The van der Waals surface area contributed by atoms with Crippen molar-refractivity contribution in [2.45, 2.75) is 33.5 Å². The third-order valence-corrected chi connectivity index (χ3v) is 4.66. The molecule has 0 radical (unpaired) electrons. The molecule has 1 aliphatic heterocycles. The van der Waals surface area contributed by atoms with Gasteiger partial charge < -0.3 is 4.74 Å². The summed E-state index contributed by atoms with van der Waals surface area (Å²) >= 11 is 0. The van der Waals surface area contributed by atoms with Crippen molar-refractivity contribution in [2.75, 3.05) is 0 Å². The molecule has 0 amide bonds. The van der Waals surface area contributed by atoms with E-state index in [1.807, 2.05) is 0 Å². The van der Waals surface area contributed by atoms with Gasteiger partial charge in [0.1, 0.15) is 0 Å². The molecule has 0 N–H and O–H groups in total. The van der Waals surface area contributed by atoms with Crippen LogP contribution in [0.2, 0.25) is 0 Å². The van der Waals surface area contributed by atoms with Gasteiger partial charge in [-0.25, -0.2) is 0 Å². The molecule has 1 heteroatoms. The summed E-state index contributed by atoms with van der Waals surface area (Å²) < 4.78 is 5.99. The molecule has 0 aliphatic carbocycles. The molecule has 110 valence electrons. The molecule has 0 bridgehead atoms. The Balaban J connectivity index is 1.98. The Morgan fingerprint density at radius 3 is 2.64 bits per heavy atom. The van der Waals surface area contributed by atoms with Crippen molar-refractivity contribution in [2.24, 2.45) is 0 Å². The van der Waals surface area contributed by atoms with Crippen LogP contribution in [0, 0.1) is 6.92 Å². The molecule has 0 saturated carbocycles. The van der Waals surface area contributed by atoms with Gasteiger partial charge in [-0.05, 0) is 51.9 Å². The first-order valence-corrected chi connectivity index (χ1v) is 7.98. The highest BCUT2D eigenvalue weighted by molar-refractivity contribution is 5.92. The monoisotopic (exact) mass is 288 g/mol. The molecular formula is C21H20O. The number of ether oxygens (including phenoxy) is 1. The first-order valence-electron chi connectivity index (χ1n) is 7.98. The highest BCUT2D eigenvalue weighted by atomic mass is 16.5. The third kappa shape index (κ3) is 2.13. The van der Waals surface area contributed by atoms with Crippen molar-refractivity contribution < 1.29 is 4.74 Å². The fraction of sp³-hybridized carbons (Fsp3) is 0.238. The zero-order chi connectivity index (χ0) is 15.1. The number of aryl methyl sites for hydroxylation is 2. The summed E-state index contributed by atoms with van der Waals surface area (Å²) in [4.78, 5) is 0. The average molecular weight is 288 g/mol. The second-order valence-electron chi connectivity index (χ2n) is 6.15. The lowest BCUT2D eigenvalue weighted by atomic mass is 9.91. The average Bonchev–Trinajstić information content (AvgIpc) is 2.73. The van der Waals surface area contributed by atoms with Crippen LogP contribution < -0.4 is 0 Å². The van der Waals surface area contributed by atoms with Crippen LogP contribution in [0.5, 0.6) is 0 Å². The summed E-state index contributed by atoms with van der Waals surface area (Å²) in [6.07, 6.45) is 1.07. The zero-order valence-corrected chi connectivity index (χ0v) is 13.1. The standard InChI is InChI=1S/C21H20O/c1-3-15-5-8-19-17(11-15)12-22-13-21-18-7-4-14(2)10-16(18)6-9-20(19)21/h4-11H,3,12-13H2,1-2H3. The number of benzene rings is 3. The molecule has 0 saturated heterocycles. The molecule has 1 aliphatic rings. The molecule has 3 aromatic carbocycles. The van der Waals surface area contributed by atoms with Gasteiger partial charge in [0.15, 0.2) is 0 Å². The highest BCUT2D eigenvalue weighted by Crippen LogP contribution is 2.36. The lowest BCUT2D eigenvalue weighted by Crippen LogP contribution is -1.92. The van der Waals surface area contributed by atoms with E-state index < -0.39 is 0 Å². The minimum absolute atomic E-state index is 0.686. The van der Waals surface area contributed by atoms with Crippen LogP contribution in [-0.2, 0) is 24.4 Å². The smallest absolute Gasteiger partial charge is 0.0733 e. The van der Waals surface area contributed by atoms with E-state index in [0.29, 0.717) is 13.2 Å². The van der Waals surface area contributed by atoms with Crippen molar-refractivity contribution in [1.29, 1.82) is 0 Å². The van der Waals surface area contributed by atoms with E-state index in [-0.39, 0.29) is 0 Å². The van der Waals surface area contributed by atoms with E-state index in [4.69, 9.17) is 4.74 Å². The van der Waals surface area contributed by atoms with E-state index in [9.17, 15) is 0 Å². The van der Waals surface area contributed by atoms with Crippen LogP contribution in [0.25, 0.3) is 21.9 Å². The van der Waals surface area contributed by atoms with E-state index in [0.717, 1.165) is 6.42 Å². The molecule has 0 atom stereocenters. The quantitative estimate of drug-likeness (QED) is 0.582. The van der Waals surface area contributed by atoms with Crippen molar-refractivity contribution >= 4 is 10.8 Å². The lowest BCUT2D eigenvalue weighted by molar-refractivity contribution is 0.110. The van der Waals surface area contributed by atoms with Crippen LogP contribution >= 0.6 is 0 Å². The highest BCUT2D eigenvalue weighted by Gasteiger charge is 2.17. The Labute approximate surface area is 131 Å². The SMILES string of the molecule is CCc1ccc2c(c1)COCc1c-2ccc2cc(C)ccc12. The van der Waals surface area contributed by atoms with Crippen molar-refractivity contribution in [3.05, 3.63) is 70.8 Å². The second-order valence-corrected chi connectivity index (χ2v) is 6.15. The van der Waals surface area contributed by atoms with Gasteiger partial charge in [-0.1, -0.05) is 61.0 Å². The maximum absolute atomic E-state index is 5.99. The zero-order valence-electron chi connectivity index (χ0n) is 13.1. The molecule has 4 rings (SSSR count). The van der Waals surface area contributed by atoms with Crippen LogP contribution in [0.15, 0.2) is 48.5 Å². The fourth-order valence-corrected chi connectivity index (χ4v) is 3.43. The van der Waals surface area contributed by atoms with Gasteiger partial charge in [0.25, 0.3) is 0 Å². The van der Waals surface area contributed by atoms with Crippen molar-refractivity contribution in [3.8, 4) is 11.1 Å². The molecule has 1 heterocycles. The summed E-state index contributed by atoms with van der Waals surface area (Å²) in [5.74, 6) is 0. The molecular weight excluding hydrogens is 268 g/mol. The summed E-state index contributed by atoms with van der Waals surface area (Å²) in [5, 5.41) is 2.62. The number of hydrogen-bond acceptors (Lipinski definition) is 1. The van der Waals surface area contributed by atoms with Gasteiger partial charge in [0, 0.05) is 0 Å². The topological polar surface area (TPSA) is 9.23 Å². The number of fused-ring (bicyclic) bond motifs is 5. The Hall–Kier alpha value is -2.12. The van der Waals surface area contributed by atoms with Gasteiger partial charge >= 0.3 is 0 Å². The molecule has 22 heavy (non-hydrogen) atoms. The van der Waals surface area contributed by atoms with E-state index in [1.165, 1.54) is 44.2 Å². The summed E-state index contributed by atoms with van der Waals surface area (Å²) in [5.41, 5.74) is 7.96. The first-order chi connectivity index (χ1) is 10.8. The molecule has 0 unspecified atom stereocenters. The largest absolute Gasteiger partial charge is 0.372 e. The van der Waals surface area contributed by atoms with Crippen LogP contribution in [0.1, 0.15) is 29.2 Å². The molecule has 3 aromatic rings. The van der Waals surface area contributed by atoms with Crippen LogP contribution in [0.4, 0.5) is 0 Å². The molecule has 0 aromatic heterocycles. The van der Waals surface area contributed by atoms with Crippen molar-refractivity contribution in [3.63, 3.8) is 0 Å². The van der Waals surface area contributed by atoms with E-state index in [2.05, 4.69) is 62.4 Å². The van der Waals surface area contributed by atoms with Crippen LogP contribution in [-0.4, -0.2) is 0 Å². The minimum atomic E-state index is 0.686. The summed E-state index contributed by atoms with van der Waals surface area (Å²) in [6, 6.07) is 18.0. The van der Waals surface area contributed by atoms with Gasteiger partial charge in [-0.15, -0.1) is 0 Å². The van der Waals surface area contributed by atoms with E-state index in [1.54, 1.807) is 0 Å². The maximum Gasteiger partial charge on any atom is 0.0733 e. The first kappa shape index (κ1) is 13.5. The fourth-order valence-electron chi connectivity index (χ4n) is 3.43. The third-order valence-electron chi connectivity index (χ3n) is 4.66. The van der Waals surface area contributed by atoms with Gasteiger partial charge in [-0.2, -0.15) is 0 Å². The predicted octanol–water partition coefficient (Wildman–Crippen LogP) is 5.41. The van der Waals surface area contributed by atoms with Crippen LogP contribution in [0.3, 0.4) is 0 Å². The summed E-state index contributed by atoms with van der Waals surface area (Å²) in [7, 11) is 0. The lowest BCUT2D eigenvalue weighted by Gasteiger charge is -2.12. The minimum Gasteiger partial charge on any atom is -0.372 e. The summed E-state index contributed by atoms with van der Waals surface area (Å²) in [6.45, 7) is 5.73. The normalized spacial score (nSPS) is 13.5. The molecule has 0 fully saturated rings. The molecule has 1 nitrogen and oxygen atoms in total. The van der Waals surface area contributed by atoms with Crippen molar-refractivity contribution in [1.82, 2.24) is 0 Å². The Bertz CT molecular complexity index is 861. The Morgan fingerprint density at radius 1 is 0.909 bits per heavy atom. The van der Waals surface area contributed by atoms with Gasteiger partial charge in [0.2, 0.25) is 0 Å². The van der Waals surface area contributed by atoms with Gasteiger partial charge in [0.05, 0.1) is 13.2 Å². The van der Waals surface area contributed by atoms with E-state index >= 15 is 0 Å². The number of rotatable bonds is 1. The second kappa shape index (κ2) is 5.26. The maximum atomic E-state index is 5.99. The Kier molecular flexibility index (Phi) is 3.24.